The van der Waals surface area contributed by atoms with Crippen molar-refractivity contribution in [2.24, 2.45) is 0 Å². The molecule has 0 amide bonds. The Hall–Kier alpha value is -2.28. The minimum Gasteiger partial charge on any atom is -0.507 e. The number of phenols is 1. The molecule has 1 rings (SSSR count). The van der Waals surface area contributed by atoms with Gasteiger partial charge in [0, 0.05) is 0 Å². The van der Waals surface area contributed by atoms with Gasteiger partial charge in [-0.1, -0.05) is 0 Å². The van der Waals surface area contributed by atoms with E-state index >= 15 is 0 Å². The second-order valence-corrected chi connectivity index (χ2v) is 3.89. The van der Waals surface area contributed by atoms with Crippen molar-refractivity contribution in [2.45, 2.75) is 20.8 Å². The van der Waals surface area contributed by atoms with Crippen molar-refractivity contribution in [3.8, 4) is 11.8 Å². The van der Waals surface area contributed by atoms with E-state index in [1.807, 2.05) is 6.07 Å². The standard InChI is InChI=1S/C14H15NO3/c1-4-18-14(17)12(8-15)7-11-5-9(2)13(16)10(3)6-11/h5-7,16H,4H2,1-3H3. The number of phenolic OH excluding ortho intramolecular Hbond substituents is 1. The molecule has 0 aromatic heterocycles. The van der Waals surface area contributed by atoms with Crippen molar-refractivity contribution in [3.63, 3.8) is 0 Å². The fraction of sp³-hybridized carbons (Fsp3) is 0.286. The minimum atomic E-state index is -0.636. The van der Waals surface area contributed by atoms with Crippen LogP contribution >= 0.6 is 0 Å². The smallest absolute Gasteiger partial charge is 0.348 e. The number of aryl methyl sites for hydroxylation is 2. The van der Waals surface area contributed by atoms with Crippen molar-refractivity contribution in [1.82, 2.24) is 0 Å². The van der Waals surface area contributed by atoms with Gasteiger partial charge in [-0.2, -0.15) is 5.26 Å². The van der Waals surface area contributed by atoms with Crippen LogP contribution in [0.25, 0.3) is 6.08 Å². The Morgan fingerprint density at radius 2 is 2.00 bits per heavy atom. The van der Waals surface area contributed by atoms with E-state index in [4.69, 9.17) is 10.00 Å². The van der Waals surface area contributed by atoms with E-state index < -0.39 is 5.97 Å². The summed E-state index contributed by atoms with van der Waals surface area (Å²) in [7, 11) is 0. The summed E-state index contributed by atoms with van der Waals surface area (Å²) in [6.45, 7) is 5.43. The average Bonchev–Trinajstić information content (AvgIpc) is 2.33. The maximum Gasteiger partial charge on any atom is 0.348 e. The fourth-order valence-corrected chi connectivity index (χ4v) is 1.59. The first kappa shape index (κ1) is 13.8. The number of carbonyl (C=O) groups excluding carboxylic acids is 1. The molecule has 0 heterocycles. The Morgan fingerprint density at radius 3 is 2.44 bits per heavy atom. The molecule has 0 radical (unpaired) electrons. The molecular formula is C14H15NO3. The van der Waals surface area contributed by atoms with Gasteiger partial charge in [0.05, 0.1) is 6.61 Å². The van der Waals surface area contributed by atoms with Crippen molar-refractivity contribution in [1.29, 1.82) is 5.26 Å². The summed E-state index contributed by atoms with van der Waals surface area (Å²) >= 11 is 0. The fourth-order valence-electron chi connectivity index (χ4n) is 1.59. The molecule has 4 heteroatoms. The molecule has 0 fully saturated rings. The molecule has 1 N–H and O–H groups in total. The van der Waals surface area contributed by atoms with Crippen LogP contribution in [0.2, 0.25) is 0 Å². The van der Waals surface area contributed by atoms with Gasteiger partial charge in [0.2, 0.25) is 0 Å². The predicted octanol–water partition coefficient (Wildman–Crippen LogP) is 2.48. The summed E-state index contributed by atoms with van der Waals surface area (Å²) in [5.74, 6) is -0.412. The third kappa shape index (κ3) is 3.11. The topological polar surface area (TPSA) is 70.3 Å². The summed E-state index contributed by atoms with van der Waals surface area (Å²) in [6, 6.07) is 5.23. The first-order valence-electron chi connectivity index (χ1n) is 5.58. The zero-order valence-corrected chi connectivity index (χ0v) is 10.7. The Labute approximate surface area is 106 Å². The molecule has 0 aliphatic rings. The molecule has 0 unspecified atom stereocenters. The number of ether oxygens (including phenoxy) is 1. The predicted molar refractivity (Wildman–Crippen MR) is 67.8 cm³/mol. The summed E-state index contributed by atoms with van der Waals surface area (Å²) in [6.07, 6.45) is 1.46. The first-order chi connectivity index (χ1) is 8.49. The SMILES string of the molecule is CCOC(=O)C(C#N)=Cc1cc(C)c(O)c(C)c1. The Balaban J connectivity index is 3.15. The van der Waals surface area contributed by atoms with Gasteiger partial charge >= 0.3 is 5.97 Å². The number of hydrogen-bond acceptors (Lipinski definition) is 4. The van der Waals surface area contributed by atoms with Crippen LogP contribution in [0.4, 0.5) is 0 Å². The lowest BCUT2D eigenvalue weighted by atomic mass is 10.0. The van der Waals surface area contributed by atoms with E-state index in [0.29, 0.717) is 16.7 Å². The van der Waals surface area contributed by atoms with E-state index in [-0.39, 0.29) is 17.9 Å². The first-order valence-corrected chi connectivity index (χ1v) is 5.58. The number of hydrogen-bond donors (Lipinski definition) is 1. The normalized spacial score (nSPS) is 10.9. The lowest BCUT2D eigenvalue weighted by Crippen LogP contribution is -2.06. The maximum absolute atomic E-state index is 11.5. The van der Waals surface area contributed by atoms with Gasteiger partial charge in [0.1, 0.15) is 17.4 Å². The van der Waals surface area contributed by atoms with Gasteiger partial charge in [0.15, 0.2) is 0 Å². The molecule has 94 valence electrons. The molecule has 0 saturated heterocycles. The lowest BCUT2D eigenvalue weighted by Gasteiger charge is -2.05. The van der Waals surface area contributed by atoms with Crippen LogP contribution < -0.4 is 0 Å². The molecule has 1 aromatic rings. The van der Waals surface area contributed by atoms with Crippen LogP contribution in [-0.4, -0.2) is 17.7 Å². The number of aromatic hydroxyl groups is 1. The molecule has 4 nitrogen and oxygen atoms in total. The number of esters is 1. The van der Waals surface area contributed by atoms with Gasteiger partial charge < -0.3 is 9.84 Å². The van der Waals surface area contributed by atoms with E-state index in [0.717, 1.165) is 0 Å². The molecule has 0 saturated carbocycles. The quantitative estimate of drug-likeness (QED) is 0.504. The largest absolute Gasteiger partial charge is 0.507 e. The van der Waals surface area contributed by atoms with E-state index in [1.54, 1.807) is 32.9 Å². The Kier molecular flexibility index (Phi) is 4.50. The number of rotatable bonds is 3. The van der Waals surface area contributed by atoms with E-state index in [2.05, 4.69) is 0 Å². The second kappa shape index (κ2) is 5.87. The molecule has 0 aliphatic carbocycles. The van der Waals surface area contributed by atoms with Gasteiger partial charge in [-0.3, -0.25) is 0 Å². The zero-order valence-electron chi connectivity index (χ0n) is 10.7. The highest BCUT2D eigenvalue weighted by Crippen LogP contribution is 2.24. The maximum atomic E-state index is 11.5. The molecule has 0 spiro atoms. The summed E-state index contributed by atoms with van der Waals surface area (Å²) < 4.78 is 4.77. The minimum absolute atomic E-state index is 0.0543. The summed E-state index contributed by atoms with van der Waals surface area (Å²) in [4.78, 5) is 11.5. The van der Waals surface area contributed by atoms with Gasteiger partial charge in [-0.25, -0.2) is 4.79 Å². The monoisotopic (exact) mass is 245 g/mol. The molecule has 0 bridgehead atoms. The van der Waals surface area contributed by atoms with Gasteiger partial charge in [-0.15, -0.1) is 0 Å². The molecule has 18 heavy (non-hydrogen) atoms. The zero-order chi connectivity index (χ0) is 13.7. The average molecular weight is 245 g/mol. The number of nitrogens with zero attached hydrogens (tertiary/aromatic N) is 1. The van der Waals surface area contributed by atoms with E-state index in [1.165, 1.54) is 6.08 Å². The van der Waals surface area contributed by atoms with Crippen molar-refractivity contribution in [3.05, 3.63) is 34.4 Å². The highest BCUT2D eigenvalue weighted by molar-refractivity contribution is 5.97. The Bertz CT molecular complexity index is 515. The summed E-state index contributed by atoms with van der Waals surface area (Å²) in [5, 5.41) is 18.5. The van der Waals surface area contributed by atoms with E-state index in [9.17, 15) is 9.90 Å². The molecule has 0 aliphatic heterocycles. The van der Waals surface area contributed by atoms with Crippen LogP contribution in [0.3, 0.4) is 0 Å². The molecule has 0 atom stereocenters. The van der Waals surface area contributed by atoms with Crippen LogP contribution in [0.1, 0.15) is 23.6 Å². The molecule has 1 aromatic carbocycles. The third-order valence-corrected chi connectivity index (χ3v) is 2.44. The van der Waals surface area contributed by atoms with Crippen LogP contribution in [0.15, 0.2) is 17.7 Å². The highest BCUT2D eigenvalue weighted by atomic mass is 16.5. The van der Waals surface area contributed by atoms with Crippen LogP contribution in [-0.2, 0) is 9.53 Å². The number of carbonyl (C=O) groups is 1. The Morgan fingerprint density at radius 1 is 1.44 bits per heavy atom. The van der Waals surface area contributed by atoms with Crippen LogP contribution in [0.5, 0.6) is 5.75 Å². The summed E-state index contributed by atoms with van der Waals surface area (Å²) in [5.41, 5.74) is 2.03. The van der Waals surface area contributed by atoms with Crippen molar-refractivity contribution < 1.29 is 14.6 Å². The van der Waals surface area contributed by atoms with Crippen molar-refractivity contribution >= 4 is 12.0 Å². The van der Waals surface area contributed by atoms with Gasteiger partial charge in [0.25, 0.3) is 0 Å². The van der Waals surface area contributed by atoms with Gasteiger partial charge in [-0.05, 0) is 55.7 Å². The number of benzene rings is 1. The number of nitriles is 1. The van der Waals surface area contributed by atoms with Crippen molar-refractivity contribution in [2.75, 3.05) is 6.61 Å². The lowest BCUT2D eigenvalue weighted by molar-refractivity contribution is -0.137. The van der Waals surface area contributed by atoms with Crippen LogP contribution in [0, 0.1) is 25.2 Å². The molecular weight excluding hydrogens is 230 g/mol. The highest BCUT2D eigenvalue weighted by Gasteiger charge is 2.10. The second-order valence-electron chi connectivity index (χ2n) is 3.89. The third-order valence-electron chi connectivity index (χ3n) is 2.44.